The van der Waals surface area contributed by atoms with E-state index >= 15 is 0 Å². The predicted molar refractivity (Wildman–Crippen MR) is 84.6 cm³/mol. The molecule has 1 N–H and O–H groups in total. The Balaban J connectivity index is 1.92. The second kappa shape index (κ2) is 6.78. The van der Waals surface area contributed by atoms with Crippen LogP contribution in [0.3, 0.4) is 0 Å². The van der Waals surface area contributed by atoms with Crippen LogP contribution < -0.4 is 5.32 Å². The van der Waals surface area contributed by atoms with Crippen molar-refractivity contribution >= 4 is 34.8 Å². The van der Waals surface area contributed by atoms with Crippen molar-refractivity contribution in [2.75, 3.05) is 5.32 Å². The van der Waals surface area contributed by atoms with Crippen LogP contribution in [0.4, 0.5) is 5.69 Å². The van der Waals surface area contributed by atoms with E-state index in [1.165, 1.54) is 0 Å². The van der Waals surface area contributed by atoms with Crippen LogP contribution in [0, 0.1) is 6.92 Å². The van der Waals surface area contributed by atoms with Crippen LogP contribution in [0.1, 0.15) is 17.5 Å². The lowest BCUT2D eigenvalue weighted by atomic mass is 10.1. The van der Waals surface area contributed by atoms with Gasteiger partial charge in [0.1, 0.15) is 0 Å². The summed E-state index contributed by atoms with van der Waals surface area (Å²) in [6, 6.07) is 13.0. The van der Waals surface area contributed by atoms with Gasteiger partial charge in [0.2, 0.25) is 5.91 Å². The Morgan fingerprint density at radius 2 is 1.85 bits per heavy atom. The van der Waals surface area contributed by atoms with Crippen molar-refractivity contribution in [2.24, 2.45) is 0 Å². The topological polar surface area (TPSA) is 29.1 Å². The fourth-order valence-corrected chi connectivity index (χ4v) is 2.21. The number of hydrogen-bond donors (Lipinski definition) is 1. The summed E-state index contributed by atoms with van der Waals surface area (Å²) in [5, 5.41) is 4.07. The van der Waals surface area contributed by atoms with Crippen molar-refractivity contribution in [3.05, 3.63) is 63.6 Å². The molecule has 0 unspecified atom stereocenters. The zero-order chi connectivity index (χ0) is 14.5. The molecule has 0 aliphatic rings. The van der Waals surface area contributed by atoms with Gasteiger partial charge < -0.3 is 5.32 Å². The first-order chi connectivity index (χ1) is 9.56. The molecule has 0 aliphatic carbocycles. The predicted octanol–water partition coefficient (Wildman–Crippen LogP) is 4.87. The van der Waals surface area contributed by atoms with E-state index in [9.17, 15) is 4.79 Å². The Morgan fingerprint density at radius 3 is 2.55 bits per heavy atom. The molecule has 0 bridgehead atoms. The normalized spacial score (nSPS) is 10.3. The first-order valence-corrected chi connectivity index (χ1v) is 7.11. The lowest BCUT2D eigenvalue weighted by Gasteiger charge is -2.07. The summed E-state index contributed by atoms with van der Waals surface area (Å²) in [6.45, 7) is 1.95. The molecule has 0 radical (unpaired) electrons. The van der Waals surface area contributed by atoms with Gasteiger partial charge in [0.25, 0.3) is 0 Å². The molecule has 0 aromatic heterocycles. The third-order valence-corrected chi connectivity index (χ3v) is 3.76. The van der Waals surface area contributed by atoms with Gasteiger partial charge in [-0.1, -0.05) is 47.5 Å². The highest BCUT2D eigenvalue weighted by molar-refractivity contribution is 6.33. The molecular weight excluding hydrogens is 293 g/mol. The van der Waals surface area contributed by atoms with Crippen molar-refractivity contribution in [3.8, 4) is 0 Å². The Kier molecular flexibility index (Phi) is 5.05. The molecule has 1 amide bonds. The third-order valence-electron chi connectivity index (χ3n) is 3.02. The van der Waals surface area contributed by atoms with Crippen molar-refractivity contribution < 1.29 is 4.79 Å². The molecule has 0 atom stereocenters. The summed E-state index contributed by atoms with van der Waals surface area (Å²) in [7, 11) is 0. The van der Waals surface area contributed by atoms with E-state index in [1.54, 1.807) is 12.1 Å². The Hall–Kier alpha value is -1.51. The number of aryl methyl sites for hydroxylation is 2. The standard InChI is InChI=1S/C16H15Cl2NO/c1-11-6-7-12(10-14(11)18)8-9-16(20)19-15-5-3-2-4-13(15)17/h2-7,10H,8-9H2,1H3,(H,19,20). The van der Waals surface area contributed by atoms with Gasteiger partial charge >= 0.3 is 0 Å². The molecule has 2 nitrogen and oxygen atoms in total. The van der Waals surface area contributed by atoms with Gasteiger partial charge in [-0.3, -0.25) is 4.79 Å². The van der Waals surface area contributed by atoms with E-state index < -0.39 is 0 Å². The molecule has 0 aliphatic heterocycles. The highest BCUT2D eigenvalue weighted by Crippen LogP contribution is 2.21. The van der Waals surface area contributed by atoms with Crippen LogP contribution in [-0.4, -0.2) is 5.91 Å². The minimum absolute atomic E-state index is 0.0604. The summed E-state index contributed by atoms with van der Waals surface area (Å²) in [6.07, 6.45) is 1.04. The monoisotopic (exact) mass is 307 g/mol. The molecule has 0 spiro atoms. The molecule has 0 fully saturated rings. The van der Waals surface area contributed by atoms with Crippen LogP contribution in [-0.2, 0) is 11.2 Å². The smallest absolute Gasteiger partial charge is 0.224 e. The molecule has 2 aromatic carbocycles. The lowest BCUT2D eigenvalue weighted by molar-refractivity contribution is -0.116. The lowest BCUT2D eigenvalue weighted by Crippen LogP contribution is -2.12. The van der Waals surface area contributed by atoms with Crippen molar-refractivity contribution in [2.45, 2.75) is 19.8 Å². The van der Waals surface area contributed by atoms with E-state index in [2.05, 4.69) is 5.32 Å². The van der Waals surface area contributed by atoms with Crippen LogP contribution in [0.5, 0.6) is 0 Å². The maximum absolute atomic E-state index is 11.9. The molecule has 0 saturated heterocycles. The number of rotatable bonds is 4. The maximum Gasteiger partial charge on any atom is 0.224 e. The number of carbonyl (C=O) groups excluding carboxylic acids is 1. The minimum Gasteiger partial charge on any atom is -0.325 e. The Labute approximate surface area is 128 Å². The third kappa shape index (κ3) is 3.99. The van der Waals surface area contributed by atoms with Gasteiger partial charge in [-0.15, -0.1) is 0 Å². The number of halogens is 2. The number of benzene rings is 2. The number of anilines is 1. The van der Waals surface area contributed by atoms with Crippen molar-refractivity contribution in [1.82, 2.24) is 0 Å². The van der Waals surface area contributed by atoms with E-state index in [-0.39, 0.29) is 5.91 Å². The summed E-state index contributed by atoms with van der Waals surface area (Å²) < 4.78 is 0. The Morgan fingerprint density at radius 1 is 1.10 bits per heavy atom. The second-order valence-corrected chi connectivity index (χ2v) is 5.43. The van der Waals surface area contributed by atoms with Gasteiger partial charge in [0.05, 0.1) is 10.7 Å². The van der Waals surface area contributed by atoms with Gasteiger partial charge in [-0.25, -0.2) is 0 Å². The first-order valence-electron chi connectivity index (χ1n) is 6.35. The molecule has 20 heavy (non-hydrogen) atoms. The molecule has 0 heterocycles. The van der Waals surface area contributed by atoms with Gasteiger partial charge in [0.15, 0.2) is 0 Å². The zero-order valence-electron chi connectivity index (χ0n) is 11.1. The fourth-order valence-electron chi connectivity index (χ4n) is 1.83. The quantitative estimate of drug-likeness (QED) is 0.857. The fraction of sp³-hybridized carbons (Fsp3) is 0.188. The highest BCUT2D eigenvalue weighted by atomic mass is 35.5. The minimum atomic E-state index is -0.0604. The summed E-state index contributed by atoms with van der Waals surface area (Å²) >= 11 is 12.1. The number of hydrogen-bond acceptors (Lipinski definition) is 1. The number of amides is 1. The average molecular weight is 308 g/mol. The molecule has 4 heteroatoms. The van der Waals surface area contributed by atoms with Crippen LogP contribution >= 0.6 is 23.2 Å². The van der Waals surface area contributed by atoms with Gasteiger partial charge in [-0.2, -0.15) is 0 Å². The molecule has 0 saturated carbocycles. The van der Waals surface area contributed by atoms with Crippen LogP contribution in [0.15, 0.2) is 42.5 Å². The second-order valence-electron chi connectivity index (χ2n) is 4.61. The van der Waals surface area contributed by atoms with E-state index in [0.29, 0.717) is 23.6 Å². The van der Waals surface area contributed by atoms with Crippen LogP contribution in [0.25, 0.3) is 0 Å². The summed E-state index contributed by atoms with van der Waals surface area (Å²) in [5.74, 6) is -0.0604. The van der Waals surface area contributed by atoms with Crippen molar-refractivity contribution in [1.29, 1.82) is 0 Å². The number of nitrogens with one attached hydrogen (secondary N) is 1. The van der Waals surface area contributed by atoms with Crippen molar-refractivity contribution in [3.63, 3.8) is 0 Å². The zero-order valence-corrected chi connectivity index (χ0v) is 12.6. The van der Waals surface area contributed by atoms with Crippen LogP contribution in [0.2, 0.25) is 10.0 Å². The van der Waals surface area contributed by atoms with Gasteiger partial charge in [0, 0.05) is 11.4 Å². The SMILES string of the molecule is Cc1ccc(CCC(=O)Nc2ccccc2Cl)cc1Cl. The molecular formula is C16H15Cl2NO. The highest BCUT2D eigenvalue weighted by Gasteiger charge is 2.06. The molecule has 2 rings (SSSR count). The maximum atomic E-state index is 11.9. The number of carbonyl (C=O) groups is 1. The molecule has 2 aromatic rings. The average Bonchev–Trinajstić information content (AvgIpc) is 2.43. The first kappa shape index (κ1) is 14.9. The largest absolute Gasteiger partial charge is 0.325 e. The van der Waals surface area contributed by atoms with E-state index in [0.717, 1.165) is 16.1 Å². The Bertz CT molecular complexity index is 626. The number of para-hydroxylation sites is 1. The van der Waals surface area contributed by atoms with E-state index in [4.69, 9.17) is 23.2 Å². The molecule has 104 valence electrons. The van der Waals surface area contributed by atoms with Gasteiger partial charge in [-0.05, 0) is 42.7 Å². The summed E-state index contributed by atoms with van der Waals surface area (Å²) in [4.78, 5) is 11.9. The summed E-state index contributed by atoms with van der Waals surface area (Å²) in [5.41, 5.74) is 2.73. The van der Waals surface area contributed by atoms with E-state index in [1.807, 2.05) is 37.3 Å².